The Labute approximate surface area is 195 Å². The highest BCUT2D eigenvalue weighted by Crippen LogP contribution is 2.31. The first-order valence-corrected chi connectivity index (χ1v) is 10.1. The maximum atomic E-state index is 13.4. The van der Waals surface area contributed by atoms with E-state index in [4.69, 9.17) is 27.9 Å². The summed E-state index contributed by atoms with van der Waals surface area (Å²) in [4.78, 5) is 27.5. The number of benzene rings is 3. The molecular weight excluding hydrogens is 477 g/mol. The zero-order chi connectivity index (χ0) is 23.7. The van der Waals surface area contributed by atoms with E-state index in [1.165, 1.54) is 19.2 Å². The van der Waals surface area contributed by atoms with Gasteiger partial charge < -0.3 is 10.1 Å². The van der Waals surface area contributed by atoms with Crippen molar-refractivity contribution < 1.29 is 18.3 Å². The van der Waals surface area contributed by atoms with Crippen molar-refractivity contribution in [2.24, 2.45) is 0 Å². The number of amides is 1. The molecule has 2 N–H and O–H groups in total. The lowest BCUT2D eigenvalue weighted by Crippen LogP contribution is -2.16. The van der Waals surface area contributed by atoms with Crippen LogP contribution in [0, 0.1) is 11.6 Å². The van der Waals surface area contributed by atoms with E-state index in [9.17, 15) is 18.4 Å². The van der Waals surface area contributed by atoms with Gasteiger partial charge in [0.2, 0.25) is 0 Å². The lowest BCUT2D eigenvalue weighted by atomic mass is 10.1. The molecule has 0 saturated heterocycles. The first kappa shape index (κ1) is 22.5. The molecule has 1 heterocycles. The molecule has 0 aliphatic carbocycles. The van der Waals surface area contributed by atoms with Crippen molar-refractivity contribution in [3.05, 3.63) is 92.3 Å². The van der Waals surface area contributed by atoms with Crippen LogP contribution in [0.15, 0.2) is 59.4 Å². The van der Waals surface area contributed by atoms with Gasteiger partial charge in [0.1, 0.15) is 23.1 Å². The number of nitrogens with zero attached hydrogens (tertiary/aromatic N) is 2. The Hall–Kier alpha value is -3.69. The minimum atomic E-state index is -0.874. The first-order valence-electron chi connectivity index (χ1n) is 9.36. The highest BCUT2D eigenvalue weighted by molar-refractivity contribution is 6.37. The van der Waals surface area contributed by atoms with Gasteiger partial charge in [0.05, 0.1) is 22.8 Å². The second-order valence-electron chi connectivity index (χ2n) is 6.79. The van der Waals surface area contributed by atoms with Crippen LogP contribution in [-0.2, 0) is 0 Å². The fourth-order valence-corrected chi connectivity index (χ4v) is 3.68. The molecule has 168 valence electrons. The van der Waals surface area contributed by atoms with Gasteiger partial charge in [-0.25, -0.2) is 13.6 Å². The number of anilines is 1. The zero-order valence-corrected chi connectivity index (χ0v) is 18.3. The predicted molar refractivity (Wildman–Crippen MR) is 121 cm³/mol. The molecule has 0 fully saturated rings. The Bertz CT molecular complexity index is 1400. The van der Waals surface area contributed by atoms with E-state index in [0.29, 0.717) is 11.6 Å². The molecule has 0 aliphatic heterocycles. The fraction of sp³-hybridized carbons (Fsp3) is 0.0455. The number of carbonyl (C=O) groups is 1. The molecule has 0 atom stereocenters. The summed E-state index contributed by atoms with van der Waals surface area (Å²) in [6.07, 6.45) is 0. The molecule has 0 unspecified atom stereocenters. The summed E-state index contributed by atoms with van der Waals surface area (Å²) in [6.45, 7) is 0. The van der Waals surface area contributed by atoms with Crippen molar-refractivity contribution in [3.63, 3.8) is 0 Å². The van der Waals surface area contributed by atoms with Gasteiger partial charge in [-0.3, -0.25) is 9.78 Å². The Kier molecular flexibility index (Phi) is 6.17. The van der Waals surface area contributed by atoms with Crippen molar-refractivity contribution in [3.8, 4) is 22.8 Å². The van der Waals surface area contributed by atoms with Crippen molar-refractivity contribution >= 4 is 34.8 Å². The monoisotopic (exact) mass is 490 g/mol. The molecule has 7 nitrogen and oxygen atoms in total. The lowest BCUT2D eigenvalue weighted by Gasteiger charge is -2.11. The molecule has 3 aromatic carbocycles. The summed E-state index contributed by atoms with van der Waals surface area (Å²) in [7, 11) is 1.38. The number of rotatable bonds is 5. The minimum absolute atomic E-state index is 0.194. The zero-order valence-electron chi connectivity index (χ0n) is 16.8. The van der Waals surface area contributed by atoms with Crippen LogP contribution in [0.2, 0.25) is 10.0 Å². The molecule has 0 radical (unpaired) electrons. The summed E-state index contributed by atoms with van der Waals surface area (Å²) >= 11 is 12.3. The number of hydrogen-bond donors (Lipinski definition) is 2. The van der Waals surface area contributed by atoms with Crippen LogP contribution in [0.3, 0.4) is 0 Å². The van der Waals surface area contributed by atoms with Gasteiger partial charge in [-0.2, -0.15) is 4.68 Å². The molecule has 0 bridgehead atoms. The molecule has 0 saturated carbocycles. The largest absolute Gasteiger partial charge is 0.495 e. The molecule has 1 amide bonds. The summed E-state index contributed by atoms with van der Waals surface area (Å²) in [5.74, 6) is -2.06. The van der Waals surface area contributed by atoms with Gasteiger partial charge in [-0.15, -0.1) is 5.10 Å². The number of aromatic nitrogens is 3. The van der Waals surface area contributed by atoms with Crippen LogP contribution < -0.4 is 15.7 Å². The minimum Gasteiger partial charge on any atom is -0.495 e. The average molecular weight is 491 g/mol. The Morgan fingerprint density at radius 3 is 2.36 bits per heavy atom. The first-order chi connectivity index (χ1) is 15.8. The maximum Gasteiger partial charge on any atom is 0.348 e. The molecule has 4 rings (SSSR count). The van der Waals surface area contributed by atoms with Crippen molar-refractivity contribution in [2.45, 2.75) is 0 Å². The number of halogens is 4. The van der Waals surface area contributed by atoms with E-state index in [1.54, 1.807) is 24.3 Å². The van der Waals surface area contributed by atoms with Crippen molar-refractivity contribution in [2.75, 3.05) is 12.4 Å². The third-order valence-corrected chi connectivity index (χ3v) is 5.22. The third kappa shape index (κ3) is 4.59. The maximum absolute atomic E-state index is 13.4. The number of H-pyrrole nitrogens is 1. The number of aromatic amines is 1. The third-order valence-electron chi connectivity index (χ3n) is 4.61. The number of methoxy groups -OCH3 is 1. The Morgan fingerprint density at radius 1 is 1.06 bits per heavy atom. The van der Waals surface area contributed by atoms with Gasteiger partial charge in [-0.05, 0) is 42.5 Å². The Morgan fingerprint density at radius 2 is 1.73 bits per heavy atom. The van der Waals surface area contributed by atoms with Gasteiger partial charge in [0, 0.05) is 17.2 Å². The second kappa shape index (κ2) is 9.05. The molecule has 4 aromatic rings. The van der Waals surface area contributed by atoms with Crippen LogP contribution >= 0.6 is 23.2 Å². The standard InChI is InChI=1S/C22H14Cl2F2N4O3/c1-33-18-9-11(5-6-17(18)27-21(31)12-7-13(25)10-14(26)8-12)20-28-22(32)30(29-20)19-15(23)3-2-4-16(19)24/h2-10H,1H3,(H,27,31)(H,28,29,32). The van der Waals surface area contributed by atoms with Crippen LogP contribution in [0.25, 0.3) is 17.1 Å². The van der Waals surface area contributed by atoms with E-state index in [0.717, 1.165) is 16.8 Å². The van der Waals surface area contributed by atoms with Crippen molar-refractivity contribution in [1.82, 2.24) is 14.8 Å². The highest BCUT2D eigenvalue weighted by Gasteiger charge is 2.17. The smallest absolute Gasteiger partial charge is 0.348 e. The molecule has 1 aromatic heterocycles. The number of nitrogens with one attached hydrogen (secondary N) is 2. The molecule has 11 heteroatoms. The number of para-hydroxylation sites is 1. The van der Waals surface area contributed by atoms with E-state index in [2.05, 4.69) is 15.4 Å². The highest BCUT2D eigenvalue weighted by atomic mass is 35.5. The lowest BCUT2D eigenvalue weighted by molar-refractivity contribution is 0.102. The number of hydrogen-bond acceptors (Lipinski definition) is 4. The number of ether oxygens (including phenoxy) is 1. The molecule has 33 heavy (non-hydrogen) atoms. The quantitative estimate of drug-likeness (QED) is 0.408. The van der Waals surface area contributed by atoms with Gasteiger partial charge in [-0.1, -0.05) is 29.3 Å². The van der Waals surface area contributed by atoms with Gasteiger partial charge >= 0.3 is 5.69 Å². The fourth-order valence-electron chi connectivity index (χ4n) is 3.12. The predicted octanol–water partition coefficient (Wildman–Crippen LogP) is 5.07. The van der Waals surface area contributed by atoms with Crippen LogP contribution in [0.4, 0.5) is 14.5 Å². The summed E-state index contributed by atoms with van der Waals surface area (Å²) < 4.78 is 33.2. The second-order valence-corrected chi connectivity index (χ2v) is 7.60. The van der Waals surface area contributed by atoms with Crippen molar-refractivity contribution in [1.29, 1.82) is 0 Å². The molecule has 0 aliphatic rings. The van der Waals surface area contributed by atoms with E-state index in [-0.39, 0.29) is 38.6 Å². The van der Waals surface area contributed by atoms with Crippen LogP contribution in [0.1, 0.15) is 10.4 Å². The van der Waals surface area contributed by atoms with Gasteiger partial charge in [0.25, 0.3) is 5.91 Å². The summed E-state index contributed by atoms with van der Waals surface area (Å²) in [6, 6.07) is 11.9. The average Bonchev–Trinajstić information content (AvgIpc) is 3.14. The topological polar surface area (TPSA) is 89.0 Å². The summed E-state index contributed by atoms with van der Waals surface area (Å²) in [5.41, 5.74) is 0.168. The normalized spacial score (nSPS) is 10.8. The SMILES string of the molecule is COc1cc(-c2nn(-c3c(Cl)cccc3Cl)c(=O)[nH]2)ccc1NC(=O)c1cc(F)cc(F)c1. The van der Waals surface area contributed by atoms with Gasteiger partial charge in [0.15, 0.2) is 5.82 Å². The van der Waals surface area contributed by atoms with E-state index < -0.39 is 23.2 Å². The number of carbonyl (C=O) groups excluding carboxylic acids is 1. The van der Waals surface area contributed by atoms with E-state index in [1.807, 2.05) is 0 Å². The van der Waals surface area contributed by atoms with E-state index >= 15 is 0 Å². The van der Waals surface area contributed by atoms with Crippen LogP contribution in [-0.4, -0.2) is 27.8 Å². The molecular formula is C22H14Cl2F2N4O3. The molecule has 0 spiro atoms. The Balaban J connectivity index is 1.66. The summed E-state index contributed by atoms with van der Waals surface area (Å²) in [5, 5.41) is 7.28. The van der Waals surface area contributed by atoms with Crippen LogP contribution in [0.5, 0.6) is 5.75 Å².